The van der Waals surface area contributed by atoms with Crippen molar-refractivity contribution in [2.24, 2.45) is 5.73 Å². The van der Waals surface area contributed by atoms with E-state index in [-0.39, 0.29) is 23.8 Å². The maximum absolute atomic E-state index is 13.3. The summed E-state index contributed by atoms with van der Waals surface area (Å²) in [6.45, 7) is 1.99. The summed E-state index contributed by atoms with van der Waals surface area (Å²) in [6, 6.07) is 29.8. The summed E-state index contributed by atoms with van der Waals surface area (Å²) >= 11 is 0. The summed E-state index contributed by atoms with van der Waals surface area (Å²) in [5, 5.41) is 0. The van der Waals surface area contributed by atoms with Gasteiger partial charge in [-0.25, -0.2) is 9.59 Å². The van der Waals surface area contributed by atoms with Gasteiger partial charge < -0.3 is 19.9 Å². The lowest BCUT2D eigenvalue weighted by Gasteiger charge is -2.16. The minimum atomic E-state index is -0.843. The summed E-state index contributed by atoms with van der Waals surface area (Å²) in [7, 11) is 0. The molecule has 6 nitrogen and oxygen atoms in total. The largest absolute Gasteiger partial charge is 0.489 e. The van der Waals surface area contributed by atoms with Gasteiger partial charge in [0.1, 0.15) is 36.3 Å². The van der Waals surface area contributed by atoms with Gasteiger partial charge in [-0.2, -0.15) is 0 Å². The summed E-state index contributed by atoms with van der Waals surface area (Å²) in [6.07, 6.45) is 0. The highest BCUT2D eigenvalue weighted by Crippen LogP contribution is 2.44. The van der Waals surface area contributed by atoms with Crippen LogP contribution in [-0.2, 0) is 16.1 Å². The van der Waals surface area contributed by atoms with Gasteiger partial charge in [0.15, 0.2) is 0 Å². The Balaban J connectivity index is 1.38. The van der Waals surface area contributed by atoms with Gasteiger partial charge >= 0.3 is 11.9 Å². The van der Waals surface area contributed by atoms with E-state index in [0.29, 0.717) is 12.4 Å². The van der Waals surface area contributed by atoms with E-state index in [2.05, 4.69) is 24.3 Å². The van der Waals surface area contributed by atoms with E-state index in [1.165, 1.54) is 19.1 Å². The molecule has 1 atom stereocenters. The second kappa shape index (κ2) is 10.7. The van der Waals surface area contributed by atoms with E-state index in [1.54, 1.807) is 6.07 Å². The molecule has 37 heavy (non-hydrogen) atoms. The Morgan fingerprint density at radius 3 is 2.11 bits per heavy atom. The number of nitrogens with two attached hydrogens (primary N) is 1. The SMILES string of the molecule is C[C@H](N)C(=O)Oc1ccc(OCc2ccccc2)cc1C(=O)OCC1c2ccccc2-c2ccccc21. The van der Waals surface area contributed by atoms with Crippen molar-refractivity contribution in [3.63, 3.8) is 0 Å². The van der Waals surface area contributed by atoms with Crippen molar-refractivity contribution in [1.82, 2.24) is 0 Å². The molecule has 1 aliphatic rings. The predicted octanol–water partition coefficient (Wildman–Crippen LogP) is 5.49. The van der Waals surface area contributed by atoms with E-state index < -0.39 is 18.0 Å². The molecular weight excluding hydrogens is 466 g/mol. The molecule has 2 N–H and O–H groups in total. The lowest BCUT2D eigenvalue weighted by atomic mass is 9.98. The van der Waals surface area contributed by atoms with Gasteiger partial charge in [0.05, 0.1) is 0 Å². The van der Waals surface area contributed by atoms with Crippen LogP contribution < -0.4 is 15.2 Å². The average Bonchev–Trinajstić information content (AvgIpc) is 3.25. The van der Waals surface area contributed by atoms with Gasteiger partial charge in [-0.3, -0.25) is 0 Å². The number of benzene rings is 4. The van der Waals surface area contributed by atoms with Crippen molar-refractivity contribution in [2.45, 2.75) is 25.5 Å². The molecule has 0 radical (unpaired) electrons. The molecule has 0 aromatic heterocycles. The zero-order valence-corrected chi connectivity index (χ0v) is 20.4. The van der Waals surface area contributed by atoms with Crippen LogP contribution in [0.4, 0.5) is 0 Å². The maximum atomic E-state index is 13.3. The Morgan fingerprint density at radius 2 is 1.46 bits per heavy atom. The van der Waals surface area contributed by atoms with Crippen LogP contribution in [0.1, 0.15) is 39.9 Å². The van der Waals surface area contributed by atoms with Gasteiger partial charge in [0.2, 0.25) is 0 Å². The van der Waals surface area contributed by atoms with Gasteiger partial charge in [-0.1, -0.05) is 78.9 Å². The van der Waals surface area contributed by atoms with Crippen LogP contribution >= 0.6 is 0 Å². The quantitative estimate of drug-likeness (QED) is 0.258. The third kappa shape index (κ3) is 5.25. The van der Waals surface area contributed by atoms with Crippen LogP contribution in [0.15, 0.2) is 97.1 Å². The smallest absolute Gasteiger partial charge is 0.342 e. The first kappa shape index (κ1) is 24.3. The third-order valence-electron chi connectivity index (χ3n) is 6.35. The Bertz CT molecular complexity index is 1390. The molecule has 0 heterocycles. The van der Waals surface area contributed by atoms with E-state index >= 15 is 0 Å². The summed E-state index contributed by atoms with van der Waals surface area (Å²) in [5.74, 6) is -0.825. The summed E-state index contributed by atoms with van der Waals surface area (Å²) < 4.78 is 17.1. The predicted molar refractivity (Wildman–Crippen MR) is 141 cm³/mol. The highest BCUT2D eigenvalue weighted by molar-refractivity contribution is 5.94. The van der Waals surface area contributed by atoms with Gasteiger partial charge in [0.25, 0.3) is 0 Å². The highest BCUT2D eigenvalue weighted by Gasteiger charge is 2.30. The van der Waals surface area contributed by atoms with Crippen LogP contribution in [0.3, 0.4) is 0 Å². The average molecular weight is 494 g/mol. The van der Waals surface area contributed by atoms with E-state index in [0.717, 1.165) is 27.8 Å². The molecule has 1 aliphatic carbocycles. The number of rotatable bonds is 8. The minimum Gasteiger partial charge on any atom is -0.489 e. The standard InChI is InChI=1S/C31H27NO5/c1-20(32)30(33)37-29-16-15-22(35-18-21-9-3-2-4-10-21)17-27(29)31(34)36-19-28-25-13-7-5-11-23(25)24-12-6-8-14-26(24)28/h2-17,20,28H,18-19,32H2,1H3/t20-/m0/s1. The fourth-order valence-electron chi connectivity index (χ4n) is 4.47. The molecule has 0 unspecified atom stereocenters. The minimum absolute atomic E-state index is 0.0755. The van der Waals surface area contributed by atoms with Crippen LogP contribution in [-0.4, -0.2) is 24.6 Å². The van der Waals surface area contributed by atoms with Crippen molar-refractivity contribution in [2.75, 3.05) is 6.61 Å². The number of hydrogen-bond donors (Lipinski definition) is 1. The van der Waals surface area contributed by atoms with E-state index in [9.17, 15) is 9.59 Å². The Morgan fingerprint density at radius 1 is 0.838 bits per heavy atom. The maximum Gasteiger partial charge on any atom is 0.342 e. The van der Waals surface area contributed by atoms with Crippen molar-refractivity contribution in [1.29, 1.82) is 0 Å². The lowest BCUT2D eigenvalue weighted by Crippen LogP contribution is -2.31. The third-order valence-corrected chi connectivity index (χ3v) is 6.35. The zero-order valence-electron chi connectivity index (χ0n) is 20.4. The number of ether oxygens (including phenoxy) is 3. The fraction of sp³-hybridized carbons (Fsp3) is 0.161. The zero-order chi connectivity index (χ0) is 25.8. The van der Waals surface area contributed by atoms with Crippen molar-refractivity contribution in [3.05, 3.63) is 119 Å². The number of hydrogen-bond acceptors (Lipinski definition) is 6. The lowest BCUT2D eigenvalue weighted by molar-refractivity contribution is -0.135. The molecule has 0 amide bonds. The van der Waals surface area contributed by atoms with Crippen LogP contribution in [0.25, 0.3) is 11.1 Å². The first-order valence-corrected chi connectivity index (χ1v) is 12.1. The molecule has 4 aromatic carbocycles. The summed E-state index contributed by atoms with van der Waals surface area (Å²) in [5.41, 5.74) is 11.3. The molecule has 0 saturated heterocycles. The Labute approximate surface area is 215 Å². The summed E-state index contributed by atoms with van der Waals surface area (Å²) in [4.78, 5) is 25.5. The molecule has 5 rings (SSSR count). The van der Waals surface area contributed by atoms with Gasteiger partial charge in [-0.05, 0) is 52.9 Å². The molecular formula is C31H27NO5. The number of carbonyl (C=O) groups is 2. The monoisotopic (exact) mass is 493 g/mol. The fourth-order valence-corrected chi connectivity index (χ4v) is 4.47. The molecule has 0 saturated carbocycles. The Kier molecular flexibility index (Phi) is 7.01. The molecule has 4 aromatic rings. The molecule has 0 spiro atoms. The van der Waals surface area contributed by atoms with E-state index in [4.69, 9.17) is 19.9 Å². The van der Waals surface area contributed by atoms with Crippen molar-refractivity contribution < 1.29 is 23.8 Å². The normalized spacial score (nSPS) is 12.8. The number of fused-ring (bicyclic) bond motifs is 3. The molecule has 6 heteroatoms. The first-order valence-electron chi connectivity index (χ1n) is 12.1. The Hall–Kier alpha value is -4.42. The second-order valence-electron chi connectivity index (χ2n) is 8.97. The molecule has 186 valence electrons. The topological polar surface area (TPSA) is 87.9 Å². The van der Waals surface area contributed by atoms with Crippen molar-refractivity contribution in [3.8, 4) is 22.6 Å². The number of esters is 2. The van der Waals surface area contributed by atoms with Crippen LogP contribution in [0, 0.1) is 0 Å². The highest BCUT2D eigenvalue weighted by atomic mass is 16.5. The molecule has 0 bridgehead atoms. The van der Waals surface area contributed by atoms with E-state index in [1.807, 2.05) is 54.6 Å². The molecule has 0 aliphatic heterocycles. The second-order valence-corrected chi connectivity index (χ2v) is 8.97. The van der Waals surface area contributed by atoms with Crippen LogP contribution in [0.2, 0.25) is 0 Å². The van der Waals surface area contributed by atoms with Crippen LogP contribution in [0.5, 0.6) is 11.5 Å². The molecule has 0 fully saturated rings. The number of carbonyl (C=O) groups excluding carboxylic acids is 2. The van der Waals surface area contributed by atoms with Gasteiger partial charge in [0, 0.05) is 5.92 Å². The first-order chi connectivity index (χ1) is 18.0. The van der Waals surface area contributed by atoms with Crippen molar-refractivity contribution >= 4 is 11.9 Å². The van der Waals surface area contributed by atoms with Gasteiger partial charge in [-0.15, -0.1) is 0 Å².